The maximum atomic E-state index is 9.82. The first-order valence-corrected chi connectivity index (χ1v) is 9.05. The van der Waals surface area contributed by atoms with Crippen molar-refractivity contribution in [1.82, 2.24) is 10.2 Å². The molecule has 23 heavy (non-hydrogen) atoms. The smallest absolute Gasteiger partial charge is 0.302 e. The lowest BCUT2D eigenvalue weighted by molar-refractivity contribution is -0.140. The summed E-state index contributed by atoms with van der Waals surface area (Å²) in [6.07, 6.45) is 1.27. The van der Waals surface area contributed by atoms with Gasteiger partial charge in [0.1, 0.15) is 0 Å². The number of hydrogen-bond acceptors (Lipinski definition) is 5. The molecule has 1 unspecified atom stereocenters. The molecule has 0 aliphatic rings. The minimum atomic E-state index is -0.211. The number of nitrogens with zero attached hydrogens (tertiary/aromatic N) is 1. The molecule has 5 heteroatoms. The third kappa shape index (κ3) is 38.8. The fraction of sp³-hybridized carbons (Fsp3) is 0.944. The Labute approximate surface area is 145 Å². The number of aliphatic hydroxyl groups is 1. The summed E-state index contributed by atoms with van der Waals surface area (Å²) in [6.45, 7) is 23.3. The van der Waals surface area contributed by atoms with Crippen LogP contribution in [0.4, 0.5) is 0 Å². The summed E-state index contributed by atoms with van der Waals surface area (Å²) in [5.41, 5.74) is 0. The van der Waals surface area contributed by atoms with Crippen molar-refractivity contribution in [3.63, 3.8) is 0 Å². The van der Waals surface area contributed by atoms with E-state index in [2.05, 4.69) is 56.5 Å². The average molecular weight is 337 g/mol. The molecule has 0 aromatic carbocycles. The second-order valence-corrected chi connectivity index (χ2v) is 4.68. The Morgan fingerprint density at radius 1 is 1.04 bits per heavy atom. The first kappa shape index (κ1) is 30.3. The second-order valence-electron chi connectivity index (χ2n) is 4.68. The van der Waals surface area contributed by atoms with Crippen LogP contribution in [0.25, 0.3) is 0 Å². The predicted octanol–water partition coefficient (Wildman–Crippen LogP) is 3.31. The van der Waals surface area contributed by atoms with Crippen molar-refractivity contribution in [3.8, 4) is 0 Å². The Hall–Kier alpha value is -0.650. The van der Waals surface area contributed by atoms with E-state index in [4.69, 9.17) is 5.11 Å². The van der Waals surface area contributed by atoms with E-state index >= 15 is 0 Å². The van der Waals surface area contributed by atoms with Gasteiger partial charge in [-0.3, -0.25) is 4.79 Å². The van der Waals surface area contributed by atoms with Crippen molar-refractivity contribution >= 4 is 5.97 Å². The van der Waals surface area contributed by atoms with E-state index in [1.807, 2.05) is 0 Å². The highest BCUT2D eigenvalue weighted by atomic mass is 16.5. The number of ether oxygens (including phenoxy) is 1. The number of nitrogens with one attached hydrogen (secondary N) is 1. The Balaban J connectivity index is -0.000000113. The molecule has 0 rings (SSSR count). The lowest BCUT2D eigenvalue weighted by Gasteiger charge is -2.24. The standard InChI is InChI=1S/C8H19N.C4H11N.C4H8O2.C2H6O/c1-5-8(4)9(6-2)7-3;1-3-5-4-2;1-3-6-4(2)5;1-2-3/h8H,5-7H2,1-4H3;5H,3-4H2,1-2H3;3H2,1-2H3;3H,2H2,1H3. The molecule has 0 heterocycles. The summed E-state index contributed by atoms with van der Waals surface area (Å²) >= 11 is 0. The molecule has 0 spiro atoms. The third-order valence-electron chi connectivity index (χ3n) is 2.87. The van der Waals surface area contributed by atoms with Gasteiger partial charge in [-0.2, -0.15) is 0 Å². The van der Waals surface area contributed by atoms with Gasteiger partial charge in [-0.25, -0.2) is 0 Å². The van der Waals surface area contributed by atoms with E-state index in [0.717, 1.165) is 19.1 Å². The number of aliphatic hydroxyl groups excluding tert-OH is 1. The molecular formula is C18H44N2O3. The maximum absolute atomic E-state index is 9.82. The molecule has 0 aromatic heterocycles. The molecular weight excluding hydrogens is 292 g/mol. The number of carbonyl (C=O) groups excluding carboxylic acids is 1. The van der Waals surface area contributed by atoms with Gasteiger partial charge in [0.05, 0.1) is 6.61 Å². The molecule has 0 aromatic rings. The van der Waals surface area contributed by atoms with E-state index in [-0.39, 0.29) is 12.6 Å². The van der Waals surface area contributed by atoms with Crippen molar-refractivity contribution in [3.05, 3.63) is 0 Å². The lowest BCUT2D eigenvalue weighted by Crippen LogP contribution is -2.31. The lowest BCUT2D eigenvalue weighted by atomic mass is 10.2. The van der Waals surface area contributed by atoms with Gasteiger partial charge in [-0.15, -0.1) is 0 Å². The van der Waals surface area contributed by atoms with Gasteiger partial charge in [0.2, 0.25) is 0 Å². The van der Waals surface area contributed by atoms with Crippen LogP contribution < -0.4 is 5.32 Å². The minimum Gasteiger partial charge on any atom is -0.466 e. The number of hydrogen-bond donors (Lipinski definition) is 2. The molecule has 0 fully saturated rings. The fourth-order valence-electron chi connectivity index (χ4n) is 1.56. The fourth-order valence-corrected chi connectivity index (χ4v) is 1.56. The highest BCUT2D eigenvalue weighted by Gasteiger charge is 2.05. The molecule has 2 N–H and O–H groups in total. The largest absolute Gasteiger partial charge is 0.466 e. The molecule has 5 nitrogen and oxygen atoms in total. The van der Waals surface area contributed by atoms with Crippen LogP contribution in [0.5, 0.6) is 0 Å². The SMILES string of the molecule is CCC(C)N(CC)CC.CCNCC.CCO.CCOC(C)=O. The molecule has 0 aliphatic heterocycles. The zero-order valence-corrected chi connectivity index (χ0v) is 17.2. The summed E-state index contributed by atoms with van der Waals surface area (Å²) in [5, 5.41) is 10.7. The first-order chi connectivity index (χ1) is 10.9. The van der Waals surface area contributed by atoms with E-state index in [9.17, 15) is 4.79 Å². The van der Waals surface area contributed by atoms with Crippen molar-refractivity contribution < 1.29 is 14.6 Å². The number of carbonyl (C=O) groups is 1. The summed E-state index contributed by atoms with van der Waals surface area (Å²) < 4.78 is 4.40. The van der Waals surface area contributed by atoms with Gasteiger partial charge < -0.3 is 20.1 Å². The topological polar surface area (TPSA) is 61.8 Å². The van der Waals surface area contributed by atoms with Crippen LogP contribution in [-0.2, 0) is 9.53 Å². The van der Waals surface area contributed by atoms with Gasteiger partial charge in [-0.1, -0.05) is 34.6 Å². The predicted molar refractivity (Wildman–Crippen MR) is 102 cm³/mol. The normalized spacial score (nSPS) is 10.2. The van der Waals surface area contributed by atoms with E-state index in [1.165, 1.54) is 26.4 Å². The molecule has 0 radical (unpaired) electrons. The highest BCUT2D eigenvalue weighted by Crippen LogP contribution is 2.00. The van der Waals surface area contributed by atoms with Crippen LogP contribution >= 0.6 is 0 Å². The molecule has 0 amide bonds. The van der Waals surface area contributed by atoms with Crippen molar-refractivity contribution in [2.45, 2.75) is 74.8 Å². The highest BCUT2D eigenvalue weighted by molar-refractivity contribution is 5.65. The molecule has 1 atom stereocenters. The van der Waals surface area contributed by atoms with Gasteiger partial charge in [0.15, 0.2) is 0 Å². The van der Waals surface area contributed by atoms with Gasteiger partial charge in [-0.05, 0) is 53.4 Å². The molecule has 0 bridgehead atoms. The van der Waals surface area contributed by atoms with Crippen molar-refractivity contribution in [2.75, 3.05) is 39.4 Å². The number of esters is 1. The summed E-state index contributed by atoms with van der Waals surface area (Å²) in [5.74, 6) is -0.211. The van der Waals surface area contributed by atoms with Crippen LogP contribution in [0.3, 0.4) is 0 Å². The second kappa shape index (κ2) is 29.4. The zero-order chi connectivity index (χ0) is 19.1. The quantitative estimate of drug-likeness (QED) is 0.698. The van der Waals surface area contributed by atoms with Crippen LogP contribution in [0.15, 0.2) is 0 Å². The van der Waals surface area contributed by atoms with Crippen LogP contribution in [-0.4, -0.2) is 61.4 Å². The van der Waals surface area contributed by atoms with Crippen molar-refractivity contribution in [2.24, 2.45) is 0 Å². The third-order valence-corrected chi connectivity index (χ3v) is 2.87. The van der Waals surface area contributed by atoms with Crippen LogP contribution in [0.1, 0.15) is 68.7 Å². The van der Waals surface area contributed by atoms with Crippen LogP contribution in [0.2, 0.25) is 0 Å². The minimum absolute atomic E-state index is 0.211. The maximum Gasteiger partial charge on any atom is 0.302 e. The Kier molecular flexibility index (Phi) is 38.6. The summed E-state index contributed by atoms with van der Waals surface area (Å²) in [4.78, 5) is 12.3. The zero-order valence-electron chi connectivity index (χ0n) is 17.2. The average Bonchev–Trinajstić information content (AvgIpc) is 2.51. The van der Waals surface area contributed by atoms with E-state index in [0.29, 0.717) is 6.61 Å². The summed E-state index contributed by atoms with van der Waals surface area (Å²) in [6, 6.07) is 0.764. The van der Waals surface area contributed by atoms with Crippen LogP contribution in [0, 0.1) is 0 Å². The Morgan fingerprint density at radius 3 is 1.48 bits per heavy atom. The first-order valence-electron chi connectivity index (χ1n) is 9.05. The van der Waals surface area contributed by atoms with Gasteiger partial charge in [0, 0.05) is 19.6 Å². The Bertz CT molecular complexity index is 197. The Morgan fingerprint density at radius 2 is 1.43 bits per heavy atom. The molecule has 144 valence electrons. The molecule has 0 saturated heterocycles. The van der Waals surface area contributed by atoms with Crippen molar-refractivity contribution in [1.29, 1.82) is 0 Å². The van der Waals surface area contributed by atoms with Gasteiger partial charge in [0.25, 0.3) is 0 Å². The van der Waals surface area contributed by atoms with E-state index < -0.39 is 0 Å². The molecule has 0 saturated carbocycles. The van der Waals surface area contributed by atoms with Gasteiger partial charge >= 0.3 is 5.97 Å². The number of rotatable bonds is 7. The monoisotopic (exact) mass is 336 g/mol. The summed E-state index contributed by atoms with van der Waals surface area (Å²) in [7, 11) is 0. The van der Waals surface area contributed by atoms with E-state index in [1.54, 1.807) is 13.8 Å². The molecule has 0 aliphatic carbocycles.